The summed E-state index contributed by atoms with van der Waals surface area (Å²) in [6.07, 6.45) is 1.77. The fourth-order valence-electron chi connectivity index (χ4n) is 4.71. The van der Waals surface area contributed by atoms with E-state index in [9.17, 15) is 9.59 Å². The van der Waals surface area contributed by atoms with Gasteiger partial charge in [0.15, 0.2) is 11.5 Å². The van der Waals surface area contributed by atoms with Crippen LogP contribution < -0.4 is 14.4 Å². The molecule has 0 N–H and O–H groups in total. The number of amides is 1. The summed E-state index contributed by atoms with van der Waals surface area (Å²) in [6.45, 7) is 7.81. The molecule has 1 aliphatic rings. The van der Waals surface area contributed by atoms with Crippen molar-refractivity contribution in [2.45, 2.75) is 27.7 Å². The summed E-state index contributed by atoms with van der Waals surface area (Å²) in [4.78, 5) is 28.1. The number of rotatable bonds is 6. The van der Waals surface area contributed by atoms with Gasteiger partial charge in [-0.15, -0.1) is 0 Å². The van der Waals surface area contributed by atoms with E-state index in [1.165, 1.54) is 19.1 Å². The van der Waals surface area contributed by atoms with Crippen molar-refractivity contribution in [2.24, 2.45) is 0 Å². The first-order chi connectivity index (χ1) is 17.2. The normalized spacial score (nSPS) is 14.6. The Balaban J connectivity index is 1.85. The average molecular weight is 487 g/mol. The van der Waals surface area contributed by atoms with Gasteiger partial charge >= 0.3 is 5.97 Å². The number of nitrogens with zero attached hydrogens (tertiary/aromatic N) is 2. The molecule has 36 heavy (non-hydrogen) atoms. The van der Waals surface area contributed by atoms with Gasteiger partial charge in [-0.3, -0.25) is 9.69 Å². The minimum absolute atomic E-state index is 0.234. The Morgan fingerprint density at radius 2 is 1.58 bits per heavy atom. The standard InChI is InChI=1S/C29H30N2O5/c1-17-9-8-10-22(13-17)30-18(2)14-21(19(30)3)15-24-27(29(33)36-7)20(4)31(28(24)32)23-11-12-25(34-5)26(16-23)35-6/h8-16H,1-7H3/b24-15-. The molecular formula is C29H30N2O5. The molecule has 0 unspecified atom stereocenters. The fraction of sp³-hybridized carbons (Fsp3) is 0.241. The van der Waals surface area contributed by atoms with Crippen LogP contribution in [0.15, 0.2) is 65.4 Å². The van der Waals surface area contributed by atoms with Crippen LogP contribution in [-0.2, 0) is 14.3 Å². The SMILES string of the molecule is COC(=O)C1=C(C)N(c2ccc(OC)c(OC)c2)C(=O)/C1=C\c1cc(C)n(-c2cccc(C)c2)c1C. The Labute approximate surface area is 211 Å². The van der Waals surface area contributed by atoms with E-state index in [0.717, 1.165) is 28.2 Å². The van der Waals surface area contributed by atoms with E-state index in [4.69, 9.17) is 14.2 Å². The first-order valence-corrected chi connectivity index (χ1v) is 11.6. The average Bonchev–Trinajstić information content (AvgIpc) is 3.28. The molecule has 2 heterocycles. The Hall–Kier alpha value is -4.26. The lowest BCUT2D eigenvalue weighted by molar-refractivity contribution is -0.136. The molecule has 0 saturated heterocycles. The van der Waals surface area contributed by atoms with E-state index in [-0.39, 0.29) is 17.1 Å². The molecule has 0 aliphatic carbocycles. The molecule has 186 valence electrons. The Kier molecular flexibility index (Phi) is 6.75. The van der Waals surface area contributed by atoms with Gasteiger partial charge in [0.2, 0.25) is 0 Å². The maximum atomic E-state index is 13.8. The number of hydrogen-bond donors (Lipinski definition) is 0. The molecule has 2 aromatic carbocycles. The number of anilines is 1. The first kappa shape index (κ1) is 24.9. The highest BCUT2D eigenvalue weighted by Gasteiger charge is 2.38. The number of carbonyl (C=O) groups excluding carboxylic acids is 2. The monoisotopic (exact) mass is 486 g/mol. The van der Waals surface area contributed by atoms with E-state index in [0.29, 0.717) is 22.9 Å². The zero-order valence-electron chi connectivity index (χ0n) is 21.6. The number of esters is 1. The third-order valence-electron chi connectivity index (χ3n) is 6.44. The van der Waals surface area contributed by atoms with Crippen LogP contribution in [0, 0.1) is 20.8 Å². The molecule has 0 radical (unpaired) electrons. The van der Waals surface area contributed by atoms with Crippen LogP contribution in [0.25, 0.3) is 11.8 Å². The van der Waals surface area contributed by atoms with Crippen molar-refractivity contribution >= 4 is 23.6 Å². The summed E-state index contributed by atoms with van der Waals surface area (Å²) in [5.41, 5.74) is 6.58. The Morgan fingerprint density at radius 3 is 2.22 bits per heavy atom. The maximum absolute atomic E-state index is 13.8. The van der Waals surface area contributed by atoms with Crippen molar-refractivity contribution in [3.05, 3.63) is 87.9 Å². The summed E-state index contributed by atoms with van der Waals surface area (Å²) in [7, 11) is 4.39. The van der Waals surface area contributed by atoms with Crippen LogP contribution in [0.2, 0.25) is 0 Å². The van der Waals surface area contributed by atoms with Crippen LogP contribution in [0.1, 0.15) is 29.4 Å². The van der Waals surface area contributed by atoms with Gasteiger partial charge in [-0.1, -0.05) is 12.1 Å². The third-order valence-corrected chi connectivity index (χ3v) is 6.44. The molecule has 1 amide bonds. The van der Waals surface area contributed by atoms with Gasteiger partial charge in [-0.05, 0) is 75.2 Å². The van der Waals surface area contributed by atoms with Crippen LogP contribution in [-0.4, -0.2) is 37.8 Å². The summed E-state index contributed by atoms with van der Waals surface area (Å²) >= 11 is 0. The maximum Gasteiger partial charge on any atom is 0.340 e. The van der Waals surface area contributed by atoms with Crippen LogP contribution in [0.3, 0.4) is 0 Å². The molecular weight excluding hydrogens is 456 g/mol. The second-order valence-electron chi connectivity index (χ2n) is 8.69. The predicted molar refractivity (Wildman–Crippen MR) is 140 cm³/mol. The van der Waals surface area contributed by atoms with Gasteiger partial charge in [-0.25, -0.2) is 4.79 Å². The van der Waals surface area contributed by atoms with Gasteiger partial charge in [0.1, 0.15) is 0 Å². The summed E-state index contributed by atoms with van der Waals surface area (Å²) in [5.74, 6) is 0.138. The third kappa shape index (κ3) is 4.17. The van der Waals surface area contributed by atoms with Crippen molar-refractivity contribution in [3.63, 3.8) is 0 Å². The first-order valence-electron chi connectivity index (χ1n) is 11.6. The van der Waals surface area contributed by atoms with Crippen LogP contribution in [0.4, 0.5) is 5.69 Å². The van der Waals surface area contributed by atoms with Gasteiger partial charge in [-0.2, -0.15) is 0 Å². The van der Waals surface area contributed by atoms with Crippen molar-refractivity contribution in [1.29, 1.82) is 0 Å². The topological polar surface area (TPSA) is 70.0 Å². The smallest absolute Gasteiger partial charge is 0.340 e. The lowest BCUT2D eigenvalue weighted by Crippen LogP contribution is -2.24. The summed E-state index contributed by atoms with van der Waals surface area (Å²) < 4.78 is 17.9. The number of methoxy groups -OCH3 is 3. The molecule has 4 rings (SSSR count). The summed E-state index contributed by atoms with van der Waals surface area (Å²) in [5, 5.41) is 0. The highest BCUT2D eigenvalue weighted by molar-refractivity contribution is 6.24. The molecule has 1 aromatic heterocycles. The highest BCUT2D eigenvalue weighted by Crippen LogP contribution is 2.39. The number of ether oxygens (including phenoxy) is 3. The van der Waals surface area contributed by atoms with Gasteiger partial charge < -0.3 is 18.8 Å². The Morgan fingerprint density at radius 1 is 0.861 bits per heavy atom. The molecule has 0 saturated carbocycles. The number of allylic oxidation sites excluding steroid dienone is 1. The van der Waals surface area contributed by atoms with Crippen molar-refractivity contribution in [2.75, 3.05) is 26.2 Å². The molecule has 0 bridgehead atoms. The van der Waals surface area contributed by atoms with E-state index in [1.54, 1.807) is 38.3 Å². The van der Waals surface area contributed by atoms with E-state index < -0.39 is 5.97 Å². The second kappa shape index (κ2) is 9.77. The molecule has 1 aliphatic heterocycles. The molecule has 0 atom stereocenters. The van der Waals surface area contributed by atoms with E-state index in [2.05, 4.69) is 23.6 Å². The number of carbonyl (C=O) groups is 2. The van der Waals surface area contributed by atoms with E-state index >= 15 is 0 Å². The minimum atomic E-state index is -0.567. The van der Waals surface area contributed by atoms with Crippen molar-refractivity contribution in [1.82, 2.24) is 4.57 Å². The molecule has 3 aromatic rings. The number of benzene rings is 2. The highest BCUT2D eigenvalue weighted by atomic mass is 16.5. The summed E-state index contributed by atoms with van der Waals surface area (Å²) in [6, 6.07) is 15.4. The lowest BCUT2D eigenvalue weighted by atomic mass is 10.0. The van der Waals surface area contributed by atoms with Gasteiger partial charge in [0, 0.05) is 28.8 Å². The van der Waals surface area contributed by atoms with Crippen molar-refractivity contribution < 1.29 is 23.8 Å². The molecule has 0 spiro atoms. The van der Waals surface area contributed by atoms with Gasteiger partial charge in [0.25, 0.3) is 5.91 Å². The zero-order chi connectivity index (χ0) is 26.1. The van der Waals surface area contributed by atoms with Crippen LogP contribution in [0.5, 0.6) is 11.5 Å². The van der Waals surface area contributed by atoms with Crippen molar-refractivity contribution in [3.8, 4) is 17.2 Å². The fourth-order valence-corrected chi connectivity index (χ4v) is 4.71. The molecule has 7 nitrogen and oxygen atoms in total. The molecule has 0 fully saturated rings. The number of aryl methyl sites for hydroxylation is 2. The van der Waals surface area contributed by atoms with Gasteiger partial charge in [0.05, 0.1) is 38.2 Å². The quantitative estimate of drug-likeness (QED) is 0.349. The predicted octanol–water partition coefficient (Wildman–Crippen LogP) is 5.30. The minimum Gasteiger partial charge on any atom is -0.493 e. The lowest BCUT2D eigenvalue weighted by Gasteiger charge is -2.19. The van der Waals surface area contributed by atoms with Crippen LogP contribution >= 0.6 is 0 Å². The number of hydrogen-bond acceptors (Lipinski definition) is 5. The largest absolute Gasteiger partial charge is 0.493 e. The van der Waals surface area contributed by atoms with E-state index in [1.807, 2.05) is 32.0 Å². The molecule has 7 heteroatoms. The zero-order valence-corrected chi connectivity index (χ0v) is 21.6. The number of aromatic nitrogens is 1. The second-order valence-corrected chi connectivity index (χ2v) is 8.69. The Bertz CT molecular complexity index is 1430.